The van der Waals surface area contributed by atoms with Gasteiger partial charge in [0, 0.05) is 30.9 Å². The Morgan fingerprint density at radius 2 is 1.88 bits per heavy atom. The number of nitro groups is 1. The quantitative estimate of drug-likeness (QED) is 0.583. The van der Waals surface area contributed by atoms with E-state index in [-0.39, 0.29) is 10.6 Å². The number of rotatable bonds is 2. The highest BCUT2D eigenvalue weighted by atomic mass is 16.6. The molecular formula is C13H20N2O2. The molecule has 4 nitrogen and oxygen atoms in total. The summed E-state index contributed by atoms with van der Waals surface area (Å²) < 4.78 is 0. The van der Waals surface area contributed by atoms with E-state index in [1.807, 2.05) is 26.0 Å². The van der Waals surface area contributed by atoms with Gasteiger partial charge in [-0.25, -0.2) is 0 Å². The molecule has 0 unspecified atom stereocenters. The number of hydrogen-bond acceptors (Lipinski definition) is 3. The zero-order valence-corrected chi connectivity index (χ0v) is 10.7. The van der Waals surface area contributed by atoms with E-state index in [0.717, 1.165) is 24.7 Å². The third-order valence-corrected chi connectivity index (χ3v) is 2.85. The van der Waals surface area contributed by atoms with E-state index >= 15 is 0 Å². The van der Waals surface area contributed by atoms with Gasteiger partial charge in [0.2, 0.25) is 0 Å². The van der Waals surface area contributed by atoms with Crippen molar-refractivity contribution in [2.45, 2.75) is 27.2 Å². The van der Waals surface area contributed by atoms with Crippen LogP contribution in [0.15, 0.2) is 24.3 Å². The van der Waals surface area contributed by atoms with Crippen LogP contribution in [0.3, 0.4) is 0 Å². The van der Waals surface area contributed by atoms with Crippen LogP contribution in [0, 0.1) is 16.0 Å². The minimum absolute atomic E-state index is 0.158. The molecule has 1 aromatic rings. The Hall–Kier alpha value is -1.58. The second kappa shape index (κ2) is 6.23. The number of anilines is 1. The van der Waals surface area contributed by atoms with Gasteiger partial charge in [-0.1, -0.05) is 20.8 Å². The molecule has 17 heavy (non-hydrogen) atoms. The van der Waals surface area contributed by atoms with Crippen LogP contribution in [-0.4, -0.2) is 18.0 Å². The molecule has 1 fully saturated rings. The summed E-state index contributed by atoms with van der Waals surface area (Å²) in [7, 11) is 0. The highest BCUT2D eigenvalue weighted by Crippen LogP contribution is 2.25. The van der Waals surface area contributed by atoms with Crippen molar-refractivity contribution in [1.29, 1.82) is 0 Å². The van der Waals surface area contributed by atoms with Gasteiger partial charge in [0.1, 0.15) is 0 Å². The third kappa shape index (κ3) is 3.44. The molecule has 1 atom stereocenters. The molecule has 0 N–H and O–H groups in total. The van der Waals surface area contributed by atoms with E-state index in [1.54, 1.807) is 12.1 Å². The van der Waals surface area contributed by atoms with Gasteiger partial charge < -0.3 is 4.90 Å². The fraction of sp³-hybridized carbons (Fsp3) is 0.538. The number of nitrogens with zero attached hydrogens (tertiary/aromatic N) is 2. The SMILES string of the molecule is CC.C[C@H]1CCN(c2ccc([N+](=O)[O-])cc2)C1. The monoisotopic (exact) mass is 236 g/mol. The Balaban J connectivity index is 0.000000686. The maximum atomic E-state index is 10.5. The second-order valence-electron chi connectivity index (χ2n) is 4.11. The van der Waals surface area contributed by atoms with E-state index < -0.39 is 0 Å². The predicted molar refractivity (Wildman–Crippen MR) is 70.4 cm³/mol. The first kappa shape index (κ1) is 13.5. The van der Waals surface area contributed by atoms with E-state index in [0.29, 0.717) is 0 Å². The normalized spacial score (nSPS) is 18.5. The molecule has 4 heteroatoms. The number of nitro benzene ring substituents is 1. The summed E-state index contributed by atoms with van der Waals surface area (Å²) in [6.07, 6.45) is 1.21. The van der Waals surface area contributed by atoms with Crippen molar-refractivity contribution >= 4 is 11.4 Å². The Morgan fingerprint density at radius 1 is 1.29 bits per heavy atom. The predicted octanol–water partition coefficient (Wildman–Crippen LogP) is 3.47. The van der Waals surface area contributed by atoms with Crippen LogP contribution in [-0.2, 0) is 0 Å². The average Bonchev–Trinajstić information content (AvgIpc) is 2.79. The number of benzene rings is 1. The van der Waals surface area contributed by atoms with Crippen LogP contribution in [0.5, 0.6) is 0 Å². The zero-order valence-electron chi connectivity index (χ0n) is 10.7. The first-order valence-electron chi connectivity index (χ1n) is 6.16. The average molecular weight is 236 g/mol. The van der Waals surface area contributed by atoms with Crippen molar-refractivity contribution < 1.29 is 4.92 Å². The van der Waals surface area contributed by atoms with Crippen molar-refractivity contribution in [3.63, 3.8) is 0 Å². The van der Waals surface area contributed by atoms with Crippen molar-refractivity contribution in [3.05, 3.63) is 34.4 Å². The van der Waals surface area contributed by atoms with Gasteiger partial charge in [0.15, 0.2) is 0 Å². The highest BCUT2D eigenvalue weighted by Gasteiger charge is 2.19. The fourth-order valence-corrected chi connectivity index (χ4v) is 1.95. The largest absolute Gasteiger partial charge is 0.371 e. The third-order valence-electron chi connectivity index (χ3n) is 2.85. The van der Waals surface area contributed by atoms with E-state index in [2.05, 4.69) is 11.8 Å². The van der Waals surface area contributed by atoms with E-state index in [4.69, 9.17) is 0 Å². The van der Waals surface area contributed by atoms with Crippen molar-refractivity contribution in [2.24, 2.45) is 5.92 Å². The Bertz CT molecular complexity index is 362. The molecule has 1 heterocycles. The van der Waals surface area contributed by atoms with Crippen molar-refractivity contribution in [1.82, 2.24) is 0 Å². The highest BCUT2D eigenvalue weighted by molar-refractivity contribution is 5.51. The molecule has 0 bridgehead atoms. The van der Waals surface area contributed by atoms with Gasteiger partial charge in [0.25, 0.3) is 5.69 Å². The van der Waals surface area contributed by atoms with Crippen LogP contribution in [0.1, 0.15) is 27.2 Å². The molecule has 94 valence electrons. The zero-order chi connectivity index (χ0) is 12.8. The van der Waals surface area contributed by atoms with Gasteiger partial charge >= 0.3 is 0 Å². The van der Waals surface area contributed by atoms with Gasteiger partial charge in [-0.15, -0.1) is 0 Å². The molecule has 1 aliphatic rings. The van der Waals surface area contributed by atoms with Crippen LogP contribution in [0.2, 0.25) is 0 Å². The fourth-order valence-electron chi connectivity index (χ4n) is 1.95. The smallest absolute Gasteiger partial charge is 0.269 e. The Morgan fingerprint density at radius 3 is 2.29 bits per heavy atom. The van der Waals surface area contributed by atoms with Crippen LogP contribution >= 0.6 is 0 Å². The van der Waals surface area contributed by atoms with Crippen LogP contribution in [0.4, 0.5) is 11.4 Å². The first-order valence-corrected chi connectivity index (χ1v) is 6.16. The summed E-state index contributed by atoms with van der Waals surface area (Å²) in [4.78, 5) is 12.4. The van der Waals surface area contributed by atoms with Crippen LogP contribution in [0.25, 0.3) is 0 Å². The lowest BCUT2D eigenvalue weighted by Gasteiger charge is -2.17. The first-order chi connectivity index (χ1) is 8.16. The van der Waals surface area contributed by atoms with E-state index in [1.165, 1.54) is 6.42 Å². The molecule has 0 radical (unpaired) electrons. The molecule has 0 aliphatic carbocycles. The molecule has 1 aliphatic heterocycles. The molecule has 0 saturated carbocycles. The van der Waals surface area contributed by atoms with Crippen LogP contribution < -0.4 is 4.90 Å². The topological polar surface area (TPSA) is 46.4 Å². The van der Waals surface area contributed by atoms with Crippen molar-refractivity contribution in [2.75, 3.05) is 18.0 Å². The standard InChI is InChI=1S/C11H14N2O2.C2H6/c1-9-6-7-12(8-9)10-2-4-11(5-3-10)13(14)15;1-2/h2-5,9H,6-8H2,1H3;1-2H3/t9-;/m0./s1. The lowest BCUT2D eigenvalue weighted by atomic mass is 10.2. The summed E-state index contributed by atoms with van der Waals surface area (Å²) in [6, 6.07) is 6.79. The Labute approximate surface area is 102 Å². The molecule has 0 amide bonds. The summed E-state index contributed by atoms with van der Waals surface area (Å²) in [5.41, 5.74) is 1.25. The van der Waals surface area contributed by atoms with Gasteiger partial charge in [0.05, 0.1) is 4.92 Å². The second-order valence-corrected chi connectivity index (χ2v) is 4.11. The maximum Gasteiger partial charge on any atom is 0.269 e. The molecule has 2 rings (SSSR count). The molecule has 1 saturated heterocycles. The molecular weight excluding hydrogens is 216 g/mol. The van der Waals surface area contributed by atoms with Crippen molar-refractivity contribution in [3.8, 4) is 0 Å². The minimum atomic E-state index is -0.365. The minimum Gasteiger partial charge on any atom is -0.371 e. The molecule has 1 aromatic carbocycles. The summed E-state index contributed by atoms with van der Waals surface area (Å²) in [6.45, 7) is 8.34. The van der Waals surface area contributed by atoms with Gasteiger partial charge in [-0.2, -0.15) is 0 Å². The molecule has 0 aromatic heterocycles. The maximum absolute atomic E-state index is 10.5. The molecule has 0 spiro atoms. The summed E-state index contributed by atoms with van der Waals surface area (Å²) in [5.74, 6) is 0.722. The number of non-ortho nitro benzene ring substituents is 1. The van der Waals surface area contributed by atoms with E-state index in [9.17, 15) is 10.1 Å². The van der Waals surface area contributed by atoms with Gasteiger partial charge in [-0.05, 0) is 24.5 Å². The Kier molecular flexibility index (Phi) is 4.94. The van der Waals surface area contributed by atoms with Gasteiger partial charge in [-0.3, -0.25) is 10.1 Å². The lowest BCUT2D eigenvalue weighted by Crippen LogP contribution is -2.18. The summed E-state index contributed by atoms with van der Waals surface area (Å²) >= 11 is 0. The lowest BCUT2D eigenvalue weighted by molar-refractivity contribution is -0.384. The summed E-state index contributed by atoms with van der Waals surface area (Å²) in [5, 5.41) is 10.5. The number of hydrogen-bond donors (Lipinski definition) is 0.